The van der Waals surface area contributed by atoms with Gasteiger partial charge in [0.05, 0.1) is 75.7 Å². The number of nitrogens with one attached hydrogen (secondary N) is 16. The van der Waals surface area contributed by atoms with Crippen LogP contribution in [0.3, 0.4) is 0 Å². The van der Waals surface area contributed by atoms with Gasteiger partial charge in [-0.2, -0.15) is 4.98 Å². The molecule has 5 aromatic heterocycles. The Morgan fingerprint density at radius 1 is 0.610 bits per heavy atom. The number of aryl methyl sites for hydroxylation is 1. The SMILES string of the molecule is CCC(=O)O.C[C@H](O)[C@H]1NC(=O)[C@@H](Cc2cnc[nH]2)NC(=O)[C@@H](CO)NC(=O)[C@@H](Cc2cnc[nH]2)NC(=O)[C@@H](NC(=O)CC[C@H](NC(=O)c2ccc(NCc3cnc4nc(N)[nH]c(=O)c4n3)cc2)C(=O)O)Cc2cn(nn2)CCCC[C@@H](C(=O)NCC(=O)N[C@@H](Cc2ccccc2)C(=O)N[C@@H](CCCCNC(=O)CN2CC[N-]CCN(CC(=O)O)CCN(CC(=O)O)CC2)C(=O)O)NC(=O)[C@@H](C)NC1=O.[177Lu]. The summed E-state index contributed by atoms with van der Waals surface area (Å²) in [5.74, 6) is -17.7. The maximum Gasteiger partial charge on any atom is 0.326 e. The largest absolute Gasteiger partial charge is 0.660 e. The van der Waals surface area contributed by atoms with Crippen LogP contribution in [0.1, 0.15) is 117 Å². The number of aromatic amines is 3. The van der Waals surface area contributed by atoms with Crippen LogP contribution < -0.4 is 80.4 Å². The van der Waals surface area contributed by atoms with Crippen LogP contribution in [0.15, 0.2) is 96.8 Å². The number of nitrogen functional groups attached to an aromatic ring is 1. The van der Waals surface area contributed by atoms with Crippen molar-refractivity contribution in [1.82, 2.24) is 133 Å². The van der Waals surface area contributed by atoms with Crippen molar-refractivity contribution >= 4 is 124 Å². The van der Waals surface area contributed by atoms with Gasteiger partial charge in [-0.1, -0.05) is 42.5 Å². The second kappa shape index (κ2) is 58.6. The van der Waals surface area contributed by atoms with Crippen molar-refractivity contribution in [2.75, 3.05) is 103 Å². The Morgan fingerprint density at radius 2 is 1.21 bits per heavy atom. The minimum Gasteiger partial charge on any atom is -0.660 e. The Kier molecular flexibility index (Phi) is 47.3. The fourth-order valence-electron chi connectivity index (χ4n) is 14.2. The van der Waals surface area contributed by atoms with Crippen LogP contribution in [0.4, 0.5) is 11.6 Å². The van der Waals surface area contributed by atoms with Gasteiger partial charge < -0.3 is 126 Å². The molecule has 2 aliphatic rings. The Balaban J connectivity index is 0.00000438. The van der Waals surface area contributed by atoms with Gasteiger partial charge in [0, 0.05) is 156 Å². The fraction of sp³-hybridized carbons (Fsp3) is 0.500. The summed E-state index contributed by atoms with van der Waals surface area (Å²) in [6.45, 7) is 3.91. The number of carbonyl (C=O) groups excluding carboxylic acids is 12. The van der Waals surface area contributed by atoms with E-state index in [0.717, 1.165) is 6.92 Å². The van der Waals surface area contributed by atoms with Crippen molar-refractivity contribution in [2.24, 2.45) is 0 Å². The Hall–Kier alpha value is -14.2. The average molecular weight is 2140 g/mol. The number of nitrogens with zero attached hydrogens (tertiary/aromatic N) is 12. The third kappa shape index (κ3) is 39.9. The first-order valence-electron chi connectivity index (χ1n) is 44.9. The second-order valence-corrected chi connectivity index (χ2v) is 32.9. The number of carboxylic acids is 5. The summed E-state index contributed by atoms with van der Waals surface area (Å²) in [6.07, 6.45) is 3.95. The summed E-state index contributed by atoms with van der Waals surface area (Å²) in [5.41, 5.74) is 6.84. The van der Waals surface area contributed by atoms with E-state index in [1.807, 2.05) is 4.90 Å². The molecule has 2 bridgehead atoms. The Labute approximate surface area is 834 Å². The molecule has 2 aliphatic heterocycles. The van der Waals surface area contributed by atoms with E-state index in [4.69, 9.17) is 10.8 Å². The summed E-state index contributed by atoms with van der Waals surface area (Å²) in [4.78, 5) is 274. The number of aliphatic hydroxyl groups excluding tert-OH is 2. The van der Waals surface area contributed by atoms with Crippen molar-refractivity contribution in [3.05, 3.63) is 142 Å². The third-order valence-electron chi connectivity index (χ3n) is 21.9. The number of aliphatic carboxylic acids is 5. The predicted molar refractivity (Wildman–Crippen MR) is 491 cm³/mol. The van der Waals surface area contributed by atoms with Crippen LogP contribution in [-0.4, -0.2) is 364 Å². The van der Waals surface area contributed by atoms with E-state index in [1.165, 1.54) is 73.3 Å². The van der Waals surface area contributed by atoms with Crippen LogP contribution in [0.25, 0.3) is 16.5 Å². The number of imidazole rings is 2. The number of carboxylic acid groups (broad SMARTS) is 5. The van der Waals surface area contributed by atoms with Gasteiger partial charge in [0.15, 0.2) is 11.2 Å². The van der Waals surface area contributed by atoms with E-state index in [-0.39, 0.29) is 193 Å². The number of rotatable bonds is 37. The Morgan fingerprint density at radius 3 is 1.80 bits per heavy atom. The van der Waals surface area contributed by atoms with Gasteiger partial charge in [0.1, 0.15) is 60.4 Å². The molecule has 54 nitrogen and oxygen atoms in total. The fourth-order valence-corrected chi connectivity index (χ4v) is 14.2. The van der Waals surface area contributed by atoms with Crippen molar-refractivity contribution in [1.29, 1.82) is 0 Å². The van der Waals surface area contributed by atoms with Crippen LogP contribution in [0, 0.1) is 36.9 Å². The zero-order valence-corrected chi connectivity index (χ0v) is 78.9. The molecule has 7 heterocycles. The van der Waals surface area contributed by atoms with E-state index in [1.54, 1.807) is 47.1 Å². The number of hydrogen-bond acceptors (Lipinski definition) is 32. The molecule has 0 unspecified atom stereocenters. The number of aliphatic hydroxyl groups is 2. The molecule has 1 radical (unpaired) electrons. The van der Waals surface area contributed by atoms with Gasteiger partial charge >= 0.3 is 29.8 Å². The molecule has 0 spiro atoms. The number of nitrogens with two attached hydrogens (primary N) is 1. The molecule has 2 aromatic carbocycles. The number of unbranched alkanes of at least 4 members (excludes halogenated alkanes) is 1. The quantitative estimate of drug-likeness (QED) is 0.0161. The predicted octanol–water partition coefficient (Wildman–Crippen LogP) is -6.75. The molecule has 11 atom stereocenters. The first-order chi connectivity index (χ1) is 66.9. The van der Waals surface area contributed by atoms with E-state index in [9.17, 15) is 117 Å². The Bertz CT molecular complexity index is 5430. The minimum absolute atomic E-state index is 0. The number of aromatic nitrogens is 11. The molecule has 9 rings (SSSR count). The molecule has 773 valence electrons. The standard InChI is InChI=1S/C83H112N29O23.C3H6O2.Lu/c1-46-71(122)98-55(73(124)91-38-64(116)97-58(30-48-10-4-3-5-11-48)74(125)100-56(81(132)133)13-6-8-20-88-65(117)40-109-24-21-85-22-25-110(41-66(118)119)27-29-111(28-26-109)42-67(120)121)12-7-9-23-112-39-53(107-108-112)33-59(96-63(115)19-18-57(82(134)135)99-72(123)49-14-16-50(17-15-49)89-36-54-37-90-70-69(95-54)80(131)106-83(84)105-70)75(126)101-60(31-51-34-86-44-92-51)76(127)103-62(43-113)78(129)102-61(32-52-35-87-45-93-52)77(128)104-68(47(2)114)79(130)94-46;1-2-3(4)5;/h3-5,10-11,14-17,34-35,37,39,44-47,55-62,68,89,113-114H,6-9,12-13,18-33,36,38,40-43H2,1-2H3,(H,86,92)(H,87,93)(H,88,117)(H,91,124)(H,94,130)(H,96,115)(H,97,116)(H,98,122)(H,99,123)(H,100,125)(H,101,126)(H,102,129)(H,103,127)(H,104,128)(H,118,119)(H,120,121)(H,132,133)(H,134,135)(H3,84,90,105,106,131);2H2,1H3,(H,4,5);/q-1;;/t46-,47+,55+,56+,57+,58+,59+,60-,61-,62-,68-;;/m1../s1/i;;1+2. The van der Waals surface area contributed by atoms with E-state index in [0.29, 0.717) is 49.7 Å². The number of hydrogen-bond donors (Lipinski definition) is 24. The van der Waals surface area contributed by atoms with Crippen molar-refractivity contribution < 1.29 is 154 Å². The summed E-state index contributed by atoms with van der Waals surface area (Å²) in [7, 11) is 0. The molecule has 12 amide bonds. The molecule has 0 saturated carbocycles. The molecule has 25 N–H and O–H groups in total. The normalized spacial score (nSPS) is 19.2. The molecular formula is C86H118LuN29O25-. The monoisotopic (exact) mass is 2130 g/mol. The van der Waals surface area contributed by atoms with Crippen LogP contribution >= 0.6 is 0 Å². The number of benzene rings is 2. The number of H-pyrrole nitrogens is 3. The smallest absolute Gasteiger partial charge is 0.326 e. The van der Waals surface area contributed by atoms with Gasteiger partial charge in [0.2, 0.25) is 70.9 Å². The second-order valence-electron chi connectivity index (χ2n) is 32.9. The average Bonchev–Trinajstić information content (AvgIpc) is 1.25. The molecule has 55 heteroatoms. The number of fused-ring (bicyclic) bond motifs is 3. The zero-order valence-electron chi connectivity index (χ0n) is 77.2. The number of anilines is 2. The molecule has 1 saturated heterocycles. The maximum atomic E-state index is 14.9. The van der Waals surface area contributed by atoms with Gasteiger partial charge in [-0.05, 0) is 102 Å². The molecule has 0 aliphatic carbocycles. The van der Waals surface area contributed by atoms with Gasteiger partial charge in [0.25, 0.3) is 11.5 Å². The van der Waals surface area contributed by atoms with Crippen molar-refractivity contribution in [3.63, 3.8) is 0 Å². The summed E-state index contributed by atoms with van der Waals surface area (Å²) in [6, 6.07) is -2.58. The van der Waals surface area contributed by atoms with Crippen LogP contribution in [0.2, 0.25) is 0 Å². The van der Waals surface area contributed by atoms with Gasteiger partial charge in [-0.15, -0.1) is 18.2 Å². The molecule has 7 aromatic rings. The van der Waals surface area contributed by atoms with Crippen molar-refractivity contribution in [3.8, 4) is 0 Å². The van der Waals surface area contributed by atoms with E-state index >= 15 is 0 Å². The summed E-state index contributed by atoms with van der Waals surface area (Å²) < 4.78 is 1.32. The summed E-state index contributed by atoms with van der Waals surface area (Å²) in [5, 5.41) is 115. The molecule has 141 heavy (non-hydrogen) atoms. The van der Waals surface area contributed by atoms with E-state index < -0.39 is 212 Å². The first kappa shape index (κ1) is 114. The maximum absolute atomic E-state index is 14.9. The van der Waals surface area contributed by atoms with Crippen LogP contribution in [-0.2, 0) is 115 Å². The molecule has 1 fully saturated rings. The topological polar surface area (TPSA) is 798 Å². The first-order valence-corrected chi connectivity index (χ1v) is 44.9. The van der Waals surface area contributed by atoms with Gasteiger partial charge in [-0.25, -0.2) is 29.5 Å². The number of amides is 12. The summed E-state index contributed by atoms with van der Waals surface area (Å²) >= 11 is 0. The minimum atomic E-state index is -1.91. The van der Waals surface area contributed by atoms with Gasteiger partial charge in [-0.3, -0.25) is 101 Å². The van der Waals surface area contributed by atoms with E-state index in [2.05, 4.69) is 125 Å². The third-order valence-corrected chi connectivity index (χ3v) is 21.9. The van der Waals surface area contributed by atoms with Crippen molar-refractivity contribution in [2.45, 2.75) is 184 Å². The number of carbonyl (C=O) groups is 17. The molecular weight excluding hydrogens is 2020 g/mol. The van der Waals surface area contributed by atoms with Crippen LogP contribution in [0.5, 0.6) is 0 Å². The zero-order chi connectivity index (χ0) is 102.